The summed E-state index contributed by atoms with van der Waals surface area (Å²) >= 11 is 7.97. The van der Waals surface area contributed by atoms with Gasteiger partial charge in [-0.1, -0.05) is 46.1 Å². The maximum absolute atomic E-state index is 12.4. The number of rotatable bonds is 19. The van der Waals surface area contributed by atoms with Gasteiger partial charge in [0.15, 0.2) is 15.0 Å². The molecule has 0 aliphatic heterocycles. The van der Waals surface area contributed by atoms with E-state index in [1.807, 2.05) is 68.9 Å². The second-order valence-corrected chi connectivity index (χ2v) is 24.1. The zero-order chi connectivity index (χ0) is 79.7. The number of carboxylic acids is 1. The van der Waals surface area contributed by atoms with E-state index in [1.54, 1.807) is 70.3 Å². The number of esters is 3. The molecule has 8 N–H and O–H groups in total. The van der Waals surface area contributed by atoms with Crippen molar-refractivity contribution in [3.63, 3.8) is 0 Å². The molecule has 12 heterocycles. The van der Waals surface area contributed by atoms with Crippen molar-refractivity contribution in [3.05, 3.63) is 214 Å². The van der Waals surface area contributed by atoms with Gasteiger partial charge in [-0.3, -0.25) is 89.2 Å². The lowest BCUT2D eigenvalue weighted by molar-refractivity contribution is -0.154. The second kappa shape index (κ2) is 45.8. The van der Waals surface area contributed by atoms with E-state index in [0.29, 0.717) is 51.8 Å². The lowest BCUT2D eigenvalue weighted by atomic mass is 10.1. The third kappa shape index (κ3) is 28.4. The topological polar surface area (TPSA) is 547 Å². The number of nitrogen functional groups attached to an aromatic ring is 1. The van der Waals surface area contributed by atoms with Gasteiger partial charge in [0.1, 0.15) is 28.5 Å². The molecule has 0 atom stereocenters. The number of nitrogens with zero attached hydrogens (tertiary/aromatic N) is 20. The van der Waals surface area contributed by atoms with E-state index < -0.39 is 46.7 Å². The highest BCUT2D eigenvalue weighted by Gasteiger charge is 2.20. The van der Waals surface area contributed by atoms with E-state index in [4.69, 9.17) is 33.0 Å². The first kappa shape index (κ1) is 85.4. The lowest BCUT2D eigenvalue weighted by Gasteiger charge is -2.09. The van der Waals surface area contributed by atoms with Crippen LogP contribution in [0, 0.1) is 27.7 Å². The fourth-order valence-electron chi connectivity index (χ4n) is 8.03. The average Bonchev–Trinajstić information content (AvgIpc) is 1.07. The molecule has 0 fully saturated rings. The number of carbonyl (C=O) groups is 9. The van der Waals surface area contributed by atoms with Crippen LogP contribution in [0.1, 0.15) is 105 Å². The number of carbonyl (C=O) groups excluding carboxylic acids is 8. The molecule has 12 rings (SSSR count). The summed E-state index contributed by atoms with van der Waals surface area (Å²) in [6.07, 6.45) is 29.5. The van der Waals surface area contributed by atoms with Crippen molar-refractivity contribution in [2.45, 2.75) is 61.6 Å². The SMILES string of the molecule is CCOC(=O)C(=O)Cl.CCOC(=O)C(=O)NCC(=O)c1cnccn1.CCOC(=O)c1nnc(-c2cnccn2)s1.Cc1cc(-c2ncc(CN)cc2C)ccn1.Cc1cc(-c2ncc(CNC(=O)c3nnc(-c4cnccn4)s3)cc2C)ccn1.NNC(=O)c1cnccn1.O=C(O)c1nnc(-c2cnccn2)s1. The van der Waals surface area contributed by atoms with Gasteiger partial charge in [-0.25, -0.2) is 35.0 Å². The molecule has 0 saturated heterocycles. The fourth-order valence-corrected chi connectivity index (χ4v) is 10.1. The summed E-state index contributed by atoms with van der Waals surface area (Å²) in [5.74, 6) is -0.831. The van der Waals surface area contributed by atoms with Crippen molar-refractivity contribution in [1.29, 1.82) is 0 Å². The monoisotopic (exact) mass is 1570 g/mol. The molecule has 110 heavy (non-hydrogen) atoms. The van der Waals surface area contributed by atoms with Crippen LogP contribution in [0.5, 0.6) is 0 Å². The van der Waals surface area contributed by atoms with Gasteiger partial charge in [0.05, 0.1) is 68.7 Å². The number of halogens is 1. The maximum atomic E-state index is 12.4. The van der Waals surface area contributed by atoms with E-state index in [9.17, 15) is 43.2 Å². The van der Waals surface area contributed by atoms with Crippen LogP contribution >= 0.6 is 45.6 Å². The molecule has 0 bridgehead atoms. The van der Waals surface area contributed by atoms with Crippen LogP contribution in [0.25, 0.3) is 54.6 Å². The number of amides is 3. The normalized spacial score (nSPS) is 9.95. The first-order valence-corrected chi connectivity index (χ1v) is 34.7. The Balaban J connectivity index is 0.000000208. The summed E-state index contributed by atoms with van der Waals surface area (Å²) < 4.78 is 13.4. The Hall–Kier alpha value is -13.5. The largest absolute Gasteiger partial charge is 0.476 e. The number of carboxylic acid groups (broad SMARTS) is 1. The summed E-state index contributed by atoms with van der Waals surface area (Å²) in [4.78, 5) is 154. The van der Waals surface area contributed by atoms with Crippen molar-refractivity contribution in [2.75, 3.05) is 26.4 Å². The minimum Gasteiger partial charge on any atom is -0.476 e. The number of nitrogens with one attached hydrogen (secondary N) is 3. The zero-order valence-electron chi connectivity index (χ0n) is 59.2. The molecule has 0 aliphatic rings. The van der Waals surface area contributed by atoms with E-state index in [0.717, 1.165) is 78.8 Å². The molecule has 12 aromatic rings. The molecule has 3 amide bonds. The van der Waals surface area contributed by atoms with Crippen LogP contribution in [-0.2, 0) is 46.5 Å². The van der Waals surface area contributed by atoms with Gasteiger partial charge < -0.3 is 35.7 Å². The first-order chi connectivity index (χ1) is 53.1. The van der Waals surface area contributed by atoms with Crippen molar-refractivity contribution in [3.8, 4) is 54.6 Å². The number of aryl methyl sites for hydroxylation is 4. The van der Waals surface area contributed by atoms with Crippen molar-refractivity contribution in [1.82, 2.24) is 116 Å². The highest BCUT2D eigenvalue weighted by Crippen LogP contribution is 2.26. The summed E-state index contributed by atoms with van der Waals surface area (Å²) in [5.41, 5.74) is 19.7. The first-order valence-electron chi connectivity index (χ1n) is 31.9. The number of hydrazine groups is 1. The Bertz CT molecular complexity index is 5010. The number of aromatic nitrogens is 20. The minimum absolute atomic E-state index is 0.0503. The smallest absolute Gasteiger partial charge is 0.396 e. The molecule has 0 spiro atoms. The molecule has 0 saturated carbocycles. The van der Waals surface area contributed by atoms with E-state index in [2.05, 4.69) is 133 Å². The highest BCUT2D eigenvalue weighted by molar-refractivity contribution is 7.17. The Morgan fingerprint density at radius 3 is 1.31 bits per heavy atom. The number of aromatic carboxylic acids is 1. The number of ketones is 1. The molecular weight excluding hydrogens is 1510 g/mol. The van der Waals surface area contributed by atoms with Crippen LogP contribution in [0.15, 0.2) is 154 Å². The predicted molar refractivity (Wildman–Crippen MR) is 396 cm³/mol. The van der Waals surface area contributed by atoms with Crippen LogP contribution in [0.3, 0.4) is 0 Å². The van der Waals surface area contributed by atoms with Gasteiger partial charge in [-0.05, 0) is 107 Å². The summed E-state index contributed by atoms with van der Waals surface area (Å²) in [5, 5.41) is 37.3. The van der Waals surface area contributed by atoms with Gasteiger partial charge in [0, 0.05) is 122 Å². The van der Waals surface area contributed by atoms with E-state index >= 15 is 0 Å². The number of pyridine rings is 4. The van der Waals surface area contributed by atoms with E-state index in [1.165, 1.54) is 67.1 Å². The highest BCUT2D eigenvalue weighted by atomic mass is 35.5. The van der Waals surface area contributed by atoms with Crippen molar-refractivity contribution in [2.24, 2.45) is 11.6 Å². The van der Waals surface area contributed by atoms with Gasteiger partial charge in [-0.2, -0.15) is 0 Å². The standard InChI is InChI=1S/C20H17N7OS.C13H15N3.C10H11N3O4.C9H8N4O2S.C7H4N4O2S.C5H6N4O.C4H5ClO3/c1-12-7-14(9-24-17(12)15-3-4-22-13(2)8-15)10-25-18(28)20-27-26-19(29-20)16-11-21-5-6-23-16;1-9-5-11(7-14)8-16-13(9)12-3-4-15-10(2)6-12;1-2-17-10(16)9(15)13-6-8(14)7-5-11-3-4-12-7;1-2-15-9(14)8-13-12-7(16-8)6-5-10-3-4-11-6;12-7(13)6-11-10-5(14-6)4-3-8-1-2-9-4;6-9-5(10)4-3-7-1-2-8-4;1-2-8-4(7)3(5)6/h3-9,11H,10H2,1-2H3,(H,25,28);3-6,8H,7,14H2,1-2H3;3-5H,2,6H2,1H3,(H,13,15);3-5H,2H2,1H3;1-3H,(H,12,13);1-3H,6H2,(H,9,10);2H2,1H3. The minimum atomic E-state index is -1.09. The summed E-state index contributed by atoms with van der Waals surface area (Å²) in [6, 6.07) is 12.1. The number of Topliss-reactive ketones (excluding diaryl/α,β-unsaturated/α-hetero) is 1. The molecule has 38 nitrogen and oxygen atoms in total. The van der Waals surface area contributed by atoms with Crippen molar-refractivity contribution >= 4 is 98.2 Å². The van der Waals surface area contributed by atoms with Crippen LogP contribution in [0.2, 0.25) is 0 Å². The Kier molecular flexibility index (Phi) is 35.6. The fraction of sp³-hybridized carbons (Fsp3) is 0.191. The molecule has 0 radical (unpaired) electrons. The van der Waals surface area contributed by atoms with Gasteiger partial charge in [0.25, 0.3) is 11.8 Å². The molecule has 0 aliphatic carbocycles. The van der Waals surface area contributed by atoms with Crippen LogP contribution in [-0.4, -0.2) is 184 Å². The molecule has 12 aromatic heterocycles. The van der Waals surface area contributed by atoms with Crippen LogP contribution in [0.4, 0.5) is 0 Å². The quantitative estimate of drug-likeness (QED) is 0.00812. The molecule has 0 unspecified atom stereocenters. The molecule has 0 aromatic carbocycles. The summed E-state index contributed by atoms with van der Waals surface area (Å²) in [6.45, 7) is 14.1. The van der Waals surface area contributed by atoms with Crippen LogP contribution < -0.4 is 27.6 Å². The molecular formula is C68H66ClN25O13S3. The second-order valence-electron chi connectivity index (χ2n) is 20.8. The van der Waals surface area contributed by atoms with Gasteiger partial charge in [0.2, 0.25) is 20.8 Å². The lowest BCUT2D eigenvalue weighted by Crippen LogP contribution is -2.36. The molecule has 42 heteroatoms. The number of nitrogens with two attached hydrogens (primary N) is 2. The molecule has 566 valence electrons. The van der Waals surface area contributed by atoms with Gasteiger partial charge in [-0.15, -0.1) is 30.6 Å². The average molecular weight is 1570 g/mol. The Labute approximate surface area is 642 Å². The van der Waals surface area contributed by atoms with Crippen molar-refractivity contribution < 1.29 is 62.5 Å². The van der Waals surface area contributed by atoms with E-state index in [-0.39, 0.29) is 52.1 Å². The number of hydrogen-bond donors (Lipinski definition) is 6. The zero-order valence-corrected chi connectivity index (χ0v) is 62.4. The van der Waals surface area contributed by atoms with Gasteiger partial charge >= 0.3 is 35.0 Å². The summed E-state index contributed by atoms with van der Waals surface area (Å²) in [7, 11) is 0. The Morgan fingerprint density at radius 1 is 0.464 bits per heavy atom. The third-order valence-corrected chi connectivity index (χ3v) is 15.8. The number of hydrogen-bond acceptors (Lipinski definition) is 37. The predicted octanol–water partition coefficient (Wildman–Crippen LogP) is 5.82. The maximum Gasteiger partial charge on any atom is 0.396 e. The number of ether oxygens (including phenoxy) is 3. The third-order valence-electron chi connectivity index (χ3n) is 12.8. The Morgan fingerprint density at radius 2 is 0.900 bits per heavy atom.